The number of esters is 1. The van der Waals surface area contributed by atoms with Crippen molar-refractivity contribution in [3.05, 3.63) is 52.6 Å². The lowest BCUT2D eigenvalue weighted by molar-refractivity contribution is -0.129. The smallest absolute Gasteiger partial charge is 0.354 e. The first-order chi connectivity index (χ1) is 12.8. The molecule has 7 heteroatoms. The van der Waals surface area contributed by atoms with Gasteiger partial charge in [-0.25, -0.2) is 4.79 Å². The van der Waals surface area contributed by atoms with Gasteiger partial charge in [-0.15, -0.1) is 0 Å². The molecule has 144 valence electrons. The molecule has 2 heterocycles. The summed E-state index contributed by atoms with van der Waals surface area (Å²) in [5.74, 6) is -0.873. The molecule has 1 amide bonds. The van der Waals surface area contributed by atoms with E-state index < -0.39 is 5.97 Å². The Morgan fingerprint density at radius 2 is 1.81 bits per heavy atom. The van der Waals surface area contributed by atoms with Gasteiger partial charge in [-0.2, -0.15) is 0 Å². The molecule has 0 saturated heterocycles. The molecule has 27 heavy (non-hydrogen) atoms. The van der Waals surface area contributed by atoms with E-state index in [4.69, 9.17) is 4.74 Å². The van der Waals surface area contributed by atoms with Crippen molar-refractivity contribution >= 4 is 17.7 Å². The number of hydrogen-bond acceptors (Lipinski definition) is 5. The Kier molecular flexibility index (Phi) is 6.50. The van der Waals surface area contributed by atoms with Crippen molar-refractivity contribution in [2.45, 2.75) is 40.8 Å². The number of rotatable bonds is 7. The number of Topliss-reactive ketones (excluding diaryl/α,β-unsaturated/α-hetero) is 1. The second kappa shape index (κ2) is 8.62. The maximum absolute atomic E-state index is 13.0. The molecule has 2 aromatic heterocycles. The van der Waals surface area contributed by atoms with Gasteiger partial charge in [0.25, 0.3) is 0 Å². The zero-order valence-corrected chi connectivity index (χ0v) is 16.4. The van der Waals surface area contributed by atoms with Gasteiger partial charge >= 0.3 is 5.97 Å². The molecule has 0 atom stereocenters. The van der Waals surface area contributed by atoms with E-state index >= 15 is 0 Å². The van der Waals surface area contributed by atoms with Crippen LogP contribution in [0, 0.1) is 13.8 Å². The third-order valence-electron chi connectivity index (χ3n) is 4.64. The number of carbonyl (C=O) groups excluding carboxylic acids is 3. The van der Waals surface area contributed by atoms with Gasteiger partial charge in [-0.3, -0.25) is 14.6 Å². The molecule has 0 aliphatic heterocycles. The fourth-order valence-corrected chi connectivity index (χ4v) is 3.30. The second-order valence-electron chi connectivity index (χ2n) is 6.32. The Bertz CT molecular complexity index is 856. The van der Waals surface area contributed by atoms with Crippen LogP contribution >= 0.6 is 0 Å². The van der Waals surface area contributed by atoms with E-state index in [1.165, 1.54) is 18.9 Å². The predicted octanol–water partition coefficient (Wildman–Crippen LogP) is 2.54. The zero-order chi connectivity index (χ0) is 20.1. The number of pyridine rings is 1. The molecule has 0 aliphatic carbocycles. The third kappa shape index (κ3) is 4.24. The molecule has 0 aliphatic rings. The molecule has 0 bridgehead atoms. The van der Waals surface area contributed by atoms with Crippen molar-refractivity contribution < 1.29 is 19.1 Å². The maximum Gasteiger partial charge on any atom is 0.354 e. The highest BCUT2D eigenvalue weighted by molar-refractivity contribution is 6.04. The van der Waals surface area contributed by atoms with Crippen LogP contribution in [-0.4, -0.2) is 45.8 Å². The summed E-state index contributed by atoms with van der Waals surface area (Å²) in [5.41, 5.74) is 3.02. The van der Waals surface area contributed by atoms with Gasteiger partial charge in [-0.1, -0.05) is 0 Å². The Morgan fingerprint density at radius 1 is 1.19 bits per heavy atom. The molecule has 0 spiro atoms. The SMILES string of the molecule is CCn1c(C)c(C(=O)CN(Cc2ccncc2)C(C)=O)c(C)c1C(=O)OC. The maximum atomic E-state index is 13.0. The van der Waals surface area contributed by atoms with Crippen molar-refractivity contribution in [3.8, 4) is 0 Å². The highest BCUT2D eigenvalue weighted by atomic mass is 16.5. The lowest BCUT2D eigenvalue weighted by Crippen LogP contribution is -2.33. The molecule has 0 radical (unpaired) electrons. The first-order valence-corrected chi connectivity index (χ1v) is 8.77. The highest BCUT2D eigenvalue weighted by Crippen LogP contribution is 2.24. The van der Waals surface area contributed by atoms with E-state index in [1.807, 2.05) is 6.92 Å². The van der Waals surface area contributed by atoms with Gasteiger partial charge in [0.1, 0.15) is 5.69 Å². The van der Waals surface area contributed by atoms with Crippen molar-refractivity contribution in [1.82, 2.24) is 14.5 Å². The first kappa shape index (κ1) is 20.4. The second-order valence-corrected chi connectivity index (χ2v) is 6.32. The standard InChI is InChI=1S/C20H25N3O4/c1-6-23-14(3)18(13(2)19(23)20(26)27-5)17(25)12-22(15(4)24)11-16-7-9-21-10-8-16/h7-10H,6,11-12H2,1-5H3. The molecule has 0 fully saturated rings. The van der Waals surface area contributed by atoms with Gasteiger partial charge in [-0.05, 0) is 44.0 Å². The third-order valence-corrected chi connectivity index (χ3v) is 4.64. The predicted molar refractivity (Wildman–Crippen MR) is 101 cm³/mol. The molecular weight excluding hydrogens is 346 g/mol. The van der Waals surface area contributed by atoms with Crippen LogP contribution in [-0.2, 0) is 22.6 Å². The van der Waals surface area contributed by atoms with E-state index in [2.05, 4.69) is 4.98 Å². The minimum atomic E-state index is -0.475. The van der Waals surface area contributed by atoms with Gasteiger partial charge in [0, 0.05) is 43.7 Å². The van der Waals surface area contributed by atoms with Gasteiger partial charge in [0.15, 0.2) is 5.78 Å². The van der Waals surface area contributed by atoms with Crippen molar-refractivity contribution in [2.75, 3.05) is 13.7 Å². The minimum absolute atomic E-state index is 0.0618. The number of ether oxygens (including phenoxy) is 1. The first-order valence-electron chi connectivity index (χ1n) is 8.77. The quantitative estimate of drug-likeness (QED) is 0.552. The van der Waals surface area contributed by atoms with Crippen LogP contribution in [0.1, 0.15) is 51.5 Å². The van der Waals surface area contributed by atoms with Crippen LogP contribution in [0.15, 0.2) is 24.5 Å². The molecule has 0 N–H and O–H groups in total. The van der Waals surface area contributed by atoms with Crippen LogP contribution in [0.4, 0.5) is 0 Å². The van der Waals surface area contributed by atoms with Crippen LogP contribution < -0.4 is 0 Å². The molecule has 0 aromatic carbocycles. The Hall–Kier alpha value is -2.96. The van der Waals surface area contributed by atoms with Crippen LogP contribution in [0.25, 0.3) is 0 Å². The number of aromatic nitrogens is 2. The number of methoxy groups -OCH3 is 1. The average molecular weight is 371 g/mol. The van der Waals surface area contributed by atoms with Crippen molar-refractivity contribution in [3.63, 3.8) is 0 Å². The average Bonchev–Trinajstić information content (AvgIpc) is 2.90. The summed E-state index contributed by atoms with van der Waals surface area (Å²) in [4.78, 5) is 42.7. The fourth-order valence-electron chi connectivity index (χ4n) is 3.30. The fraction of sp³-hybridized carbons (Fsp3) is 0.400. The topological polar surface area (TPSA) is 81.5 Å². The summed E-state index contributed by atoms with van der Waals surface area (Å²) in [6.07, 6.45) is 3.29. The summed E-state index contributed by atoms with van der Waals surface area (Å²) in [6.45, 7) is 7.67. The number of hydrogen-bond donors (Lipinski definition) is 0. The lowest BCUT2D eigenvalue weighted by atomic mass is 10.0. The summed E-state index contributed by atoms with van der Waals surface area (Å²) in [5, 5.41) is 0. The summed E-state index contributed by atoms with van der Waals surface area (Å²) in [7, 11) is 1.32. The zero-order valence-electron chi connectivity index (χ0n) is 16.4. The number of ketones is 1. The van der Waals surface area contributed by atoms with Crippen molar-refractivity contribution in [1.29, 1.82) is 0 Å². The van der Waals surface area contributed by atoms with Crippen LogP contribution in [0.2, 0.25) is 0 Å². The Balaban J connectivity index is 2.34. The Labute approximate surface area is 158 Å². The van der Waals surface area contributed by atoms with Gasteiger partial charge < -0.3 is 14.2 Å². The van der Waals surface area contributed by atoms with Crippen molar-refractivity contribution in [2.24, 2.45) is 0 Å². The molecule has 7 nitrogen and oxygen atoms in total. The summed E-state index contributed by atoms with van der Waals surface area (Å²) >= 11 is 0. The molecule has 0 saturated carbocycles. The summed E-state index contributed by atoms with van der Waals surface area (Å²) in [6, 6.07) is 3.61. The number of amides is 1. The van der Waals surface area contributed by atoms with E-state index in [0.29, 0.717) is 35.6 Å². The molecular formula is C20H25N3O4. The lowest BCUT2D eigenvalue weighted by Gasteiger charge is -2.20. The largest absolute Gasteiger partial charge is 0.464 e. The van der Waals surface area contributed by atoms with Gasteiger partial charge in [0.2, 0.25) is 5.91 Å². The Morgan fingerprint density at radius 3 is 2.33 bits per heavy atom. The molecule has 0 unspecified atom stereocenters. The van der Waals surface area contributed by atoms with Gasteiger partial charge in [0.05, 0.1) is 13.7 Å². The minimum Gasteiger partial charge on any atom is -0.464 e. The van der Waals surface area contributed by atoms with Crippen LogP contribution in [0.3, 0.4) is 0 Å². The van der Waals surface area contributed by atoms with E-state index in [0.717, 1.165) is 5.56 Å². The van der Waals surface area contributed by atoms with Crippen LogP contribution in [0.5, 0.6) is 0 Å². The normalized spacial score (nSPS) is 10.6. The van der Waals surface area contributed by atoms with E-state index in [9.17, 15) is 14.4 Å². The molecule has 2 aromatic rings. The molecule has 2 rings (SSSR count). The summed E-state index contributed by atoms with van der Waals surface area (Å²) < 4.78 is 6.64. The monoisotopic (exact) mass is 371 g/mol. The number of carbonyl (C=O) groups is 3. The number of nitrogens with zero attached hydrogens (tertiary/aromatic N) is 3. The van der Waals surface area contributed by atoms with E-state index in [-0.39, 0.29) is 18.2 Å². The highest BCUT2D eigenvalue weighted by Gasteiger charge is 2.27. The van der Waals surface area contributed by atoms with E-state index in [1.54, 1.807) is 42.9 Å².